The monoisotopic (exact) mass is 729 g/mol. The highest BCUT2D eigenvalue weighted by atomic mass is 32.2. The zero-order valence-electron chi connectivity index (χ0n) is 28.4. The van der Waals surface area contributed by atoms with Crippen molar-refractivity contribution in [1.82, 2.24) is 15.6 Å². The lowest BCUT2D eigenvalue weighted by molar-refractivity contribution is -0.141. The van der Waals surface area contributed by atoms with Crippen LogP contribution in [0.2, 0.25) is 1.41 Å². The topological polar surface area (TPSA) is 161 Å². The molecule has 52 heavy (non-hydrogen) atoms. The van der Waals surface area contributed by atoms with Gasteiger partial charge in [-0.15, -0.1) is 11.8 Å². The minimum Gasteiger partial charge on any atom is -0.484 e. The lowest BCUT2D eigenvalue weighted by atomic mass is 9.92. The number of carbonyl (C=O) groups excluding carboxylic acids is 3. The molecule has 1 aliphatic heterocycles. The molecule has 0 spiro atoms. The largest absolute Gasteiger partial charge is 0.484 e. The molecule has 1 unspecified atom stereocenters. The third kappa shape index (κ3) is 8.41. The van der Waals surface area contributed by atoms with E-state index in [9.17, 15) is 38.2 Å². The van der Waals surface area contributed by atoms with Crippen LogP contribution in [0.15, 0.2) is 103 Å². The second-order valence-corrected chi connectivity index (χ2v) is 13.2. The van der Waals surface area contributed by atoms with Crippen LogP contribution in [0.1, 0.15) is 28.8 Å². The minimum absolute atomic E-state index is 0.00972. The Balaban J connectivity index is 1.05. The van der Waals surface area contributed by atoms with Crippen molar-refractivity contribution in [3.05, 3.63) is 132 Å². The number of rotatable bonds is 15. The standard InChI is InChI=1S/C38H34F2N4O7S/c39-25-9-5-22(6-10-25)32(45)21-52-36-35(44(37(36)48)27-13-11-26(40)12-14-27)23-7-15-28(16-8-23)51-20-34(47)42-19-33(46)43-31(38(49)50)17-24-18-41-30-4-2-1-3-29(24)30/h1-16,18,31-32,35-36,41,45H,17,19-21H2,(H,42,47)(H,43,46)(H,49,50)/t31-,32?,35+,36+/m0/s1/i/hD. The Morgan fingerprint density at radius 2 is 1.62 bits per heavy atom. The first-order chi connectivity index (χ1) is 25.5. The zero-order chi connectivity index (χ0) is 37.6. The van der Waals surface area contributed by atoms with Gasteiger partial charge in [0, 0.05) is 35.0 Å². The van der Waals surface area contributed by atoms with Crippen LogP contribution in [0, 0.1) is 11.6 Å². The van der Waals surface area contributed by atoms with Gasteiger partial charge in [-0.25, -0.2) is 13.6 Å². The highest BCUT2D eigenvalue weighted by Gasteiger charge is 2.49. The van der Waals surface area contributed by atoms with Gasteiger partial charge in [-0.3, -0.25) is 14.4 Å². The first-order valence-corrected chi connectivity index (χ1v) is 17.3. The average Bonchev–Trinajstić information content (AvgIpc) is 3.56. The maximum atomic E-state index is 13.7. The molecule has 5 aromatic rings. The number of β-lactam (4-membered cyclic amide) rings is 1. The van der Waals surface area contributed by atoms with Crippen LogP contribution >= 0.6 is 11.8 Å². The molecular formula is C38H34F2N4O7S. The first kappa shape index (κ1) is 34.7. The van der Waals surface area contributed by atoms with Crippen LogP contribution in [0.25, 0.3) is 10.9 Å². The molecule has 14 heteroatoms. The number of nitrogens with one attached hydrogen (secondary N) is 3. The molecule has 6 rings (SSSR count). The number of aliphatic carboxylic acids is 1. The Morgan fingerprint density at radius 3 is 2.31 bits per heavy atom. The summed E-state index contributed by atoms with van der Waals surface area (Å²) in [4.78, 5) is 55.1. The Bertz CT molecular complexity index is 2100. The number of nitrogens with zero attached hydrogens (tertiary/aromatic N) is 1. The summed E-state index contributed by atoms with van der Waals surface area (Å²) in [5, 5.41) is 23.4. The van der Waals surface area contributed by atoms with Crippen LogP contribution in [0.5, 0.6) is 5.75 Å². The normalized spacial score (nSPS) is 16.8. The second kappa shape index (κ2) is 16.1. The average molecular weight is 730 g/mol. The van der Waals surface area contributed by atoms with Gasteiger partial charge in [-0.2, -0.15) is 0 Å². The highest BCUT2D eigenvalue weighted by molar-refractivity contribution is 8.00. The van der Waals surface area contributed by atoms with Crippen LogP contribution < -0.4 is 20.3 Å². The van der Waals surface area contributed by atoms with Crippen LogP contribution in [0.4, 0.5) is 14.5 Å². The molecule has 0 bridgehead atoms. The van der Waals surface area contributed by atoms with Crippen molar-refractivity contribution >= 4 is 52.0 Å². The molecule has 4 aromatic carbocycles. The maximum absolute atomic E-state index is 13.7. The van der Waals surface area contributed by atoms with Gasteiger partial charge in [0.1, 0.15) is 28.7 Å². The van der Waals surface area contributed by atoms with Crippen LogP contribution in [-0.2, 0) is 25.6 Å². The van der Waals surface area contributed by atoms with E-state index in [2.05, 4.69) is 10.3 Å². The SMILES string of the molecule is [2H]N(CC(=O)N[C@@H](Cc1c[nH]c2ccccc12)C(=O)O)C(=O)COc1ccc([C@@H]2[C@@H](SCC(O)c3ccc(F)cc3)C(=O)N2c2ccc(F)cc2)cc1. The Morgan fingerprint density at radius 1 is 0.942 bits per heavy atom. The fourth-order valence-corrected chi connectivity index (χ4v) is 7.19. The van der Waals surface area contributed by atoms with Gasteiger partial charge in [-0.1, -0.05) is 42.5 Å². The molecule has 268 valence electrons. The fraction of sp³-hybridized carbons (Fsp3) is 0.211. The van der Waals surface area contributed by atoms with Gasteiger partial charge in [0.2, 0.25) is 11.8 Å². The molecule has 2 heterocycles. The van der Waals surface area contributed by atoms with Gasteiger partial charge in [0.05, 0.1) is 18.7 Å². The number of hydrogen-bond donors (Lipinski definition) is 5. The van der Waals surface area contributed by atoms with Crippen molar-refractivity contribution in [3.63, 3.8) is 0 Å². The molecule has 3 amide bonds. The Hall–Kier alpha value is -5.73. The maximum Gasteiger partial charge on any atom is 0.326 e. The summed E-state index contributed by atoms with van der Waals surface area (Å²) < 4.78 is 40.6. The van der Waals surface area contributed by atoms with Crippen molar-refractivity contribution in [2.45, 2.75) is 29.9 Å². The molecule has 0 radical (unpaired) electrons. The number of anilines is 1. The summed E-state index contributed by atoms with van der Waals surface area (Å²) in [6, 6.07) is 23.0. The molecule has 1 saturated heterocycles. The number of ether oxygens (including phenoxy) is 1. The number of amides is 3. The van der Waals surface area contributed by atoms with Crippen molar-refractivity contribution in [2.24, 2.45) is 0 Å². The number of carboxylic acids is 1. The van der Waals surface area contributed by atoms with E-state index in [0.29, 0.717) is 27.7 Å². The number of aliphatic hydroxyl groups is 1. The van der Waals surface area contributed by atoms with Gasteiger partial charge in [0.25, 0.3) is 5.91 Å². The number of aliphatic hydroxyl groups excluding tert-OH is 1. The molecular weight excluding hydrogens is 695 g/mol. The van der Waals surface area contributed by atoms with Crippen molar-refractivity contribution in [1.29, 1.82) is 0 Å². The first-order valence-electron chi connectivity index (χ1n) is 16.7. The summed E-state index contributed by atoms with van der Waals surface area (Å²) >= 11 is 1.24. The summed E-state index contributed by atoms with van der Waals surface area (Å²) in [5.41, 5.74) is 3.19. The smallest absolute Gasteiger partial charge is 0.326 e. The van der Waals surface area contributed by atoms with E-state index in [1.54, 1.807) is 30.5 Å². The van der Waals surface area contributed by atoms with E-state index in [1.165, 1.54) is 65.2 Å². The van der Waals surface area contributed by atoms with E-state index in [4.69, 9.17) is 6.15 Å². The molecule has 1 fully saturated rings. The number of thioether (sulfide) groups is 1. The Kier molecular flexibility index (Phi) is 10.7. The number of fused-ring (bicyclic) bond motifs is 1. The zero-order valence-corrected chi connectivity index (χ0v) is 28.3. The minimum atomic E-state index is -1.29. The van der Waals surface area contributed by atoms with E-state index in [0.717, 1.165) is 10.9 Å². The number of hydrogen-bond acceptors (Lipinski definition) is 7. The molecule has 0 aliphatic carbocycles. The van der Waals surface area contributed by atoms with Crippen molar-refractivity contribution in [3.8, 4) is 5.75 Å². The molecule has 4 atom stereocenters. The summed E-state index contributed by atoms with van der Waals surface area (Å²) in [7, 11) is 0. The van der Waals surface area contributed by atoms with Gasteiger partial charge < -0.3 is 35.5 Å². The quantitative estimate of drug-likeness (QED) is 0.0972. The summed E-state index contributed by atoms with van der Waals surface area (Å²) in [5.74, 6) is -3.66. The fourth-order valence-electron chi connectivity index (χ4n) is 5.89. The van der Waals surface area contributed by atoms with Crippen LogP contribution in [0.3, 0.4) is 0 Å². The third-order valence-electron chi connectivity index (χ3n) is 8.55. The molecule has 0 saturated carbocycles. The van der Waals surface area contributed by atoms with Crippen molar-refractivity contribution in [2.75, 3.05) is 23.8 Å². The molecule has 1 aliphatic rings. The molecule has 5 N–H and O–H groups in total. The number of H-pyrrole nitrogens is 1. The number of aromatic amines is 1. The van der Waals surface area contributed by atoms with E-state index >= 15 is 0 Å². The number of carboxylic acid groups (broad SMARTS) is 1. The highest BCUT2D eigenvalue weighted by Crippen LogP contribution is 2.46. The van der Waals surface area contributed by atoms with Gasteiger partial charge in [-0.05, 0) is 71.3 Å². The number of benzene rings is 4. The predicted molar refractivity (Wildman–Crippen MR) is 191 cm³/mol. The summed E-state index contributed by atoms with van der Waals surface area (Å²) in [6.45, 7) is -1.31. The predicted octanol–water partition coefficient (Wildman–Crippen LogP) is 4.68. The molecule has 1 aromatic heterocycles. The van der Waals surface area contributed by atoms with E-state index < -0.39 is 66.0 Å². The lowest BCUT2D eigenvalue weighted by Crippen LogP contribution is -2.57. The number of halogens is 2. The van der Waals surface area contributed by atoms with Crippen molar-refractivity contribution < 1.29 is 44.3 Å². The van der Waals surface area contributed by atoms with Crippen LogP contribution in [-0.4, -0.2) is 69.1 Å². The number of carbonyl (C=O) groups is 4. The second-order valence-electron chi connectivity index (χ2n) is 12.0. The summed E-state index contributed by atoms with van der Waals surface area (Å²) in [6.07, 6.45) is 0.712. The number of para-hydroxylation sites is 1. The third-order valence-corrected chi connectivity index (χ3v) is 9.88. The van der Waals surface area contributed by atoms with Gasteiger partial charge in [0.15, 0.2) is 8.02 Å². The number of aromatic nitrogens is 1. The Labute approximate surface area is 302 Å². The van der Waals surface area contributed by atoms with E-state index in [-0.39, 0.29) is 23.8 Å². The molecule has 11 nitrogen and oxygen atoms in total. The lowest BCUT2D eigenvalue weighted by Gasteiger charge is -2.47. The van der Waals surface area contributed by atoms with E-state index in [1.807, 2.05) is 24.3 Å². The van der Waals surface area contributed by atoms with Gasteiger partial charge >= 0.3 is 5.97 Å².